The maximum absolute atomic E-state index is 11.7. The lowest BCUT2D eigenvalue weighted by Gasteiger charge is -2.06. The average molecular weight is 332 g/mol. The van der Waals surface area contributed by atoms with E-state index < -0.39 is 9.84 Å². The van der Waals surface area contributed by atoms with E-state index in [4.69, 9.17) is 0 Å². The maximum atomic E-state index is 11.7. The van der Waals surface area contributed by atoms with Crippen LogP contribution in [0.5, 0.6) is 5.75 Å². The van der Waals surface area contributed by atoms with Crippen molar-refractivity contribution in [2.24, 2.45) is 0 Å². The molecule has 0 saturated carbocycles. The highest BCUT2D eigenvalue weighted by atomic mass is 32.2. The molecule has 0 atom stereocenters. The molecule has 0 aliphatic heterocycles. The fourth-order valence-electron chi connectivity index (χ4n) is 1.95. The molecule has 0 fully saturated rings. The molecule has 1 N–H and O–H groups in total. The van der Waals surface area contributed by atoms with Gasteiger partial charge in [-0.15, -0.1) is 0 Å². The van der Waals surface area contributed by atoms with Crippen molar-refractivity contribution in [1.82, 2.24) is 9.97 Å². The third kappa shape index (κ3) is 3.05. The van der Waals surface area contributed by atoms with E-state index in [1.54, 1.807) is 42.5 Å². The summed E-state index contributed by atoms with van der Waals surface area (Å²) >= 11 is 1.39. The minimum absolute atomic E-state index is 0.191. The highest BCUT2D eigenvalue weighted by molar-refractivity contribution is 7.99. The van der Waals surface area contributed by atoms with Gasteiger partial charge in [0.05, 0.1) is 10.4 Å². The Kier molecular flexibility index (Phi) is 3.76. The van der Waals surface area contributed by atoms with Gasteiger partial charge in [-0.1, -0.05) is 11.8 Å². The van der Waals surface area contributed by atoms with Crippen molar-refractivity contribution in [3.63, 3.8) is 0 Å². The van der Waals surface area contributed by atoms with Crippen molar-refractivity contribution in [1.29, 1.82) is 0 Å². The van der Waals surface area contributed by atoms with E-state index in [0.717, 1.165) is 4.90 Å². The summed E-state index contributed by atoms with van der Waals surface area (Å²) in [5.74, 6) is 0.191. The molecule has 0 radical (unpaired) electrons. The summed E-state index contributed by atoms with van der Waals surface area (Å²) in [6.07, 6.45) is 2.62. The summed E-state index contributed by atoms with van der Waals surface area (Å²) < 4.78 is 23.4. The van der Waals surface area contributed by atoms with Crippen LogP contribution in [0.25, 0.3) is 10.9 Å². The standard InChI is InChI=1S/C15H12N2O3S2/c1-22(19,20)12-6-7-14-13(8-12)15(17-9-16-14)21-11-4-2-10(18)3-5-11/h2-9,18H,1H3. The molecule has 0 bridgehead atoms. The number of hydrogen-bond donors (Lipinski definition) is 1. The molecule has 0 unspecified atom stereocenters. The Morgan fingerprint density at radius 3 is 2.45 bits per heavy atom. The molecule has 3 aromatic rings. The van der Waals surface area contributed by atoms with Gasteiger partial charge in [0.15, 0.2) is 9.84 Å². The molecule has 2 aromatic carbocycles. The molecule has 112 valence electrons. The molecule has 7 heteroatoms. The number of sulfone groups is 1. The fourth-order valence-corrected chi connectivity index (χ4v) is 3.47. The van der Waals surface area contributed by atoms with Crippen LogP contribution in [0, 0.1) is 0 Å². The molecular weight excluding hydrogens is 320 g/mol. The Hall–Kier alpha value is -2.12. The average Bonchev–Trinajstić information content (AvgIpc) is 2.48. The second-order valence-electron chi connectivity index (χ2n) is 4.73. The topological polar surface area (TPSA) is 80.2 Å². The number of aromatic hydroxyl groups is 1. The van der Waals surface area contributed by atoms with Crippen LogP contribution >= 0.6 is 11.8 Å². The first-order chi connectivity index (χ1) is 10.4. The first kappa shape index (κ1) is 14.8. The Morgan fingerprint density at radius 1 is 1.05 bits per heavy atom. The van der Waals surface area contributed by atoms with Crippen LogP contribution in [0.1, 0.15) is 0 Å². The van der Waals surface area contributed by atoms with Gasteiger partial charge in [-0.25, -0.2) is 18.4 Å². The van der Waals surface area contributed by atoms with Crippen molar-refractivity contribution in [3.05, 3.63) is 48.8 Å². The Balaban J connectivity index is 2.10. The number of hydrogen-bond acceptors (Lipinski definition) is 6. The second-order valence-corrected chi connectivity index (χ2v) is 7.80. The van der Waals surface area contributed by atoms with Gasteiger partial charge in [-0.2, -0.15) is 0 Å². The summed E-state index contributed by atoms with van der Waals surface area (Å²) in [7, 11) is -3.29. The van der Waals surface area contributed by atoms with Crippen LogP contribution in [0.2, 0.25) is 0 Å². The van der Waals surface area contributed by atoms with E-state index in [1.165, 1.54) is 24.3 Å². The van der Waals surface area contributed by atoms with E-state index in [2.05, 4.69) is 9.97 Å². The third-order valence-corrected chi connectivity index (χ3v) is 5.19. The van der Waals surface area contributed by atoms with E-state index in [1.807, 2.05) is 0 Å². The molecular formula is C15H12N2O3S2. The first-order valence-electron chi connectivity index (χ1n) is 6.35. The number of phenols is 1. The summed E-state index contributed by atoms with van der Waals surface area (Å²) in [5.41, 5.74) is 0.684. The number of benzene rings is 2. The number of nitrogens with zero attached hydrogens (tertiary/aromatic N) is 2. The highest BCUT2D eigenvalue weighted by Gasteiger charge is 2.12. The summed E-state index contributed by atoms with van der Waals surface area (Å²) in [6.45, 7) is 0. The van der Waals surface area contributed by atoms with Crippen LogP contribution < -0.4 is 0 Å². The van der Waals surface area contributed by atoms with Gasteiger partial charge >= 0.3 is 0 Å². The van der Waals surface area contributed by atoms with Crippen LogP contribution in [-0.2, 0) is 9.84 Å². The smallest absolute Gasteiger partial charge is 0.175 e. The predicted molar refractivity (Wildman–Crippen MR) is 84.9 cm³/mol. The number of aromatic nitrogens is 2. The fraction of sp³-hybridized carbons (Fsp3) is 0.0667. The van der Waals surface area contributed by atoms with E-state index in [0.29, 0.717) is 15.9 Å². The Bertz CT molecular complexity index is 939. The summed E-state index contributed by atoms with van der Waals surface area (Å²) in [4.78, 5) is 9.53. The zero-order valence-electron chi connectivity index (χ0n) is 11.6. The minimum Gasteiger partial charge on any atom is -0.508 e. The quantitative estimate of drug-likeness (QED) is 0.743. The van der Waals surface area contributed by atoms with Gasteiger partial charge in [-0.3, -0.25) is 0 Å². The molecule has 0 spiro atoms. The van der Waals surface area contributed by atoms with Crippen molar-refractivity contribution < 1.29 is 13.5 Å². The number of fused-ring (bicyclic) bond motifs is 1. The lowest BCUT2D eigenvalue weighted by atomic mass is 10.2. The molecule has 0 aliphatic carbocycles. The number of phenolic OH excluding ortho intramolecular Hbond substituents is 1. The lowest BCUT2D eigenvalue weighted by molar-refractivity contribution is 0.475. The molecule has 0 aliphatic rings. The summed E-state index contributed by atoms with van der Waals surface area (Å²) in [5, 5.41) is 10.7. The molecule has 1 heterocycles. The SMILES string of the molecule is CS(=O)(=O)c1ccc2ncnc(Sc3ccc(O)cc3)c2c1. The highest BCUT2D eigenvalue weighted by Crippen LogP contribution is 2.32. The molecule has 3 rings (SSSR count). The zero-order chi connectivity index (χ0) is 15.7. The van der Waals surface area contributed by atoms with Gasteiger partial charge < -0.3 is 5.11 Å². The molecule has 22 heavy (non-hydrogen) atoms. The largest absolute Gasteiger partial charge is 0.508 e. The van der Waals surface area contributed by atoms with Crippen molar-refractivity contribution in [2.75, 3.05) is 6.26 Å². The molecule has 5 nitrogen and oxygen atoms in total. The summed E-state index contributed by atoms with van der Waals surface area (Å²) in [6, 6.07) is 11.5. The molecule has 0 saturated heterocycles. The van der Waals surface area contributed by atoms with Crippen molar-refractivity contribution >= 4 is 32.5 Å². The van der Waals surface area contributed by atoms with Crippen LogP contribution in [-0.4, -0.2) is 29.7 Å². The third-order valence-electron chi connectivity index (χ3n) is 3.05. The number of rotatable bonds is 3. The van der Waals surface area contributed by atoms with Gasteiger partial charge in [0.2, 0.25) is 0 Å². The van der Waals surface area contributed by atoms with E-state index >= 15 is 0 Å². The zero-order valence-corrected chi connectivity index (χ0v) is 13.2. The van der Waals surface area contributed by atoms with Crippen LogP contribution in [0.3, 0.4) is 0 Å². The van der Waals surface area contributed by atoms with Crippen molar-refractivity contribution in [2.45, 2.75) is 14.8 Å². The van der Waals surface area contributed by atoms with Crippen LogP contribution in [0.15, 0.2) is 63.6 Å². The molecule has 0 amide bonds. The second kappa shape index (κ2) is 5.58. The van der Waals surface area contributed by atoms with E-state index in [9.17, 15) is 13.5 Å². The van der Waals surface area contributed by atoms with Gasteiger partial charge in [0.25, 0.3) is 0 Å². The van der Waals surface area contributed by atoms with Crippen molar-refractivity contribution in [3.8, 4) is 5.75 Å². The van der Waals surface area contributed by atoms with Gasteiger partial charge in [-0.05, 0) is 42.5 Å². The van der Waals surface area contributed by atoms with E-state index in [-0.39, 0.29) is 10.6 Å². The van der Waals surface area contributed by atoms with Gasteiger partial charge in [0, 0.05) is 16.5 Å². The Morgan fingerprint density at radius 2 is 1.77 bits per heavy atom. The molecule has 1 aromatic heterocycles. The lowest BCUT2D eigenvalue weighted by Crippen LogP contribution is -1.97. The Labute approximate surface area is 132 Å². The maximum Gasteiger partial charge on any atom is 0.175 e. The predicted octanol–water partition coefficient (Wildman–Crippen LogP) is 2.89. The normalized spacial score (nSPS) is 11.7. The van der Waals surface area contributed by atoms with Gasteiger partial charge in [0.1, 0.15) is 17.1 Å². The van der Waals surface area contributed by atoms with Crippen LogP contribution in [0.4, 0.5) is 0 Å². The first-order valence-corrected chi connectivity index (χ1v) is 9.06. The minimum atomic E-state index is -3.29. The monoisotopic (exact) mass is 332 g/mol.